The number of amidine groups is 1. The Bertz CT molecular complexity index is 459. The fraction of sp³-hybridized carbons (Fsp3) is 0.111. The highest BCUT2D eigenvalue weighted by atomic mass is 35.5. The molecule has 0 saturated carbocycles. The van der Waals surface area contributed by atoms with Crippen LogP contribution in [0.4, 0.5) is 5.69 Å². The monoisotopic (exact) mass is 240 g/mol. The number of nitro benzene ring substituents is 1. The average molecular weight is 241 g/mol. The van der Waals surface area contributed by atoms with Gasteiger partial charge < -0.3 is 5.73 Å². The van der Waals surface area contributed by atoms with E-state index in [9.17, 15) is 10.1 Å². The van der Waals surface area contributed by atoms with Gasteiger partial charge in [0.25, 0.3) is 5.69 Å². The number of rotatable bonds is 4. The van der Waals surface area contributed by atoms with Crippen molar-refractivity contribution < 1.29 is 4.92 Å². The van der Waals surface area contributed by atoms with Crippen LogP contribution >= 0.6 is 11.6 Å². The first-order valence-electron chi connectivity index (χ1n) is 4.28. The third-order valence-electron chi connectivity index (χ3n) is 1.71. The first kappa shape index (κ1) is 12.1. The quantitative estimate of drug-likeness (QED) is 0.361. The molecule has 0 aliphatic carbocycles. The Balaban J connectivity index is 3.06. The molecular weight excluding hydrogens is 232 g/mol. The lowest BCUT2D eigenvalue weighted by Gasteiger charge is -1.99. The predicted molar refractivity (Wildman–Crippen MR) is 62.5 cm³/mol. The zero-order valence-corrected chi connectivity index (χ0v) is 8.94. The van der Waals surface area contributed by atoms with Crippen molar-refractivity contribution >= 4 is 29.3 Å². The lowest BCUT2D eigenvalue weighted by atomic mass is 10.2. The number of nitro groups is 1. The molecule has 0 amide bonds. The molecule has 0 atom stereocenters. The molecule has 0 aromatic heterocycles. The number of hydrogen-bond acceptors (Lipinski definition) is 4. The molecule has 7 heteroatoms. The van der Waals surface area contributed by atoms with Gasteiger partial charge in [-0.05, 0) is 6.07 Å². The first-order valence-corrected chi connectivity index (χ1v) is 4.66. The second-order valence-electron chi connectivity index (χ2n) is 2.92. The number of halogens is 1. The van der Waals surface area contributed by atoms with Crippen LogP contribution in [0.25, 0.3) is 0 Å². The van der Waals surface area contributed by atoms with Gasteiger partial charge in [-0.15, -0.1) is 0 Å². The molecular formula is C9H9ClN4O2. The molecule has 0 unspecified atom stereocenters. The van der Waals surface area contributed by atoms with E-state index in [4.69, 9.17) is 22.7 Å². The number of hydrogen-bond donors (Lipinski definition) is 2. The van der Waals surface area contributed by atoms with E-state index >= 15 is 0 Å². The lowest BCUT2D eigenvalue weighted by molar-refractivity contribution is -0.385. The highest BCUT2D eigenvalue weighted by molar-refractivity contribution is 6.33. The van der Waals surface area contributed by atoms with Crippen LogP contribution in [0.3, 0.4) is 0 Å². The van der Waals surface area contributed by atoms with Crippen molar-refractivity contribution in [2.75, 3.05) is 6.54 Å². The Morgan fingerprint density at radius 1 is 1.69 bits per heavy atom. The summed E-state index contributed by atoms with van der Waals surface area (Å²) in [5.41, 5.74) is 5.19. The van der Waals surface area contributed by atoms with Crippen LogP contribution in [-0.2, 0) is 0 Å². The lowest BCUT2D eigenvalue weighted by Crippen LogP contribution is -2.13. The van der Waals surface area contributed by atoms with E-state index in [1.54, 1.807) is 0 Å². The van der Waals surface area contributed by atoms with Crippen LogP contribution < -0.4 is 5.73 Å². The van der Waals surface area contributed by atoms with Gasteiger partial charge >= 0.3 is 0 Å². The molecule has 1 aromatic carbocycles. The first-order chi connectivity index (χ1) is 7.52. The van der Waals surface area contributed by atoms with Crippen molar-refractivity contribution in [3.05, 3.63) is 38.9 Å². The Hall–Kier alpha value is -1.95. The van der Waals surface area contributed by atoms with Gasteiger partial charge in [-0.25, -0.2) is 0 Å². The van der Waals surface area contributed by atoms with Crippen LogP contribution in [0.15, 0.2) is 23.2 Å². The van der Waals surface area contributed by atoms with Crippen molar-refractivity contribution in [1.29, 1.82) is 5.41 Å². The maximum absolute atomic E-state index is 10.7. The normalized spacial score (nSPS) is 10.6. The number of benzene rings is 1. The van der Waals surface area contributed by atoms with Gasteiger partial charge in [0, 0.05) is 12.3 Å². The maximum atomic E-state index is 10.7. The van der Waals surface area contributed by atoms with E-state index in [1.165, 1.54) is 24.4 Å². The van der Waals surface area contributed by atoms with Crippen molar-refractivity contribution in [2.24, 2.45) is 10.7 Å². The zero-order chi connectivity index (χ0) is 12.1. The predicted octanol–water partition coefficient (Wildman–Crippen LogP) is 1.60. The standard InChI is InChI=1S/C9H9ClN4O2/c10-7-2-1-3-8(14(15)16)6(7)4-13-5-9(11)12/h1-4H,5H2,(H3,11,12). The third kappa shape index (κ3) is 3.03. The summed E-state index contributed by atoms with van der Waals surface area (Å²) in [6.07, 6.45) is 1.25. The van der Waals surface area contributed by atoms with Crippen LogP contribution in [-0.4, -0.2) is 23.5 Å². The van der Waals surface area contributed by atoms with Gasteiger partial charge in [-0.1, -0.05) is 17.7 Å². The Kier molecular flexibility index (Phi) is 3.96. The third-order valence-corrected chi connectivity index (χ3v) is 2.04. The van der Waals surface area contributed by atoms with E-state index in [1.807, 2.05) is 0 Å². The fourth-order valence-corrected chi connectivity index (χ4v) is 1.27. The summed E-state index contributed by atoms with van der Waals surface area (Å²) < 4.78 is 0. The highest BCUT2D eigenvalue weighted by Crippen LogP contribution is 2.24. The van der Waals surface area contributed by atoms with Crippen molar-refractivity contribution in [1.82, 2.24) is 0 Å². The fourth-order valence-electron chi connectivity index (χ4n) is 1.05. The van der Waals surface area contributed by atoms with Crippen molar-refractivity contribution in [3.8, 4) is 0 Å². The van der Waals surface area contributed by atoms with Gasteiger partial charge in [-0.3, -0.25) is 20.5 Å². The summed E-state index contributed by atoms with van der Waals surface area (Å²) in [5.74, 6) is -0.119. The van der Waals surface area contributed by atoms with E-state index in [0.717, 1.165) is 0 Å². The van der Waals surface area contributed by atoms with Gasteiger partial charge in [0.05, 0.1) is 22.1 Å². The van der Waals surface area contributed by atoms with Crippen molar-refractivity contribution in [2.45, 2.75) is 0 Å². The van der Waals surface area contributed by atoms with Gasteiger partial charge in [0.1, 0.15) is 5.84 Å². The van der Waals surface area contributed by atoms with Crippen LogP contribution in [0.1, 0.15) is 5.56 Å². The number of nitrogens with zero attached hydrogens (tertiary/aromatic N) is 2. The topological polar surface area (TPSA) is 105 Å². The number of nitrogens with one attached hydrogen (secondary N) is 1. The Morgan fingerprint density at radius 3 is 2.94 bits per heavy atom. The molecule has 84 valence electrons. The summed E-state index contributed by atoms with van der Waals surface area (Å²) in [6.45, 7) is -0.0115. The smallest absolute Gasteiger partial charge is 0.279 e. The molecule has 1 rings (SSSR count). The molecule has 0 spiro atoms. The van der Waals surface area contributed by atoms with Crippen LogP contribution in [0.2, 0.25) is 5.02 Å². The van der Waals surface area contributed by atoms with Gasteiger partial charge in [-0.2, -0.15) is 0 Å². The second-order valence-corrected chi connectivity index (χ2v) is 3.33. The maximum Gasteiger partial charge on any atom is 0.279 e. The van der Waals surface area contributed by atoms with E-state index in [0.29, 0.717) is 0 Å². The second kappa shape index (κ2) is 5.22. The zero-order valence-electron chi connectivity index (χ0n) is 8.18. The number of aliphatic imine (C=N–C) groups is 1. The molecule has 0 heterocycles. The summed E-state index contributed by atoms with van der Waals surface area (Å²) in [7, 11) is 0. The largest absolute Gasteiger partial charge is 0.386 e. The molecule has 0 fully saturated rings. The average Bonchev–Trinajstić information content (AvgIpc) is 2.19. The van der Waals surface area contributed by atoms with Gasteiger partial charge in [0.2, 0.25) is 0 Å². The molecule has 0 aliphatic heterocycles. The van der Waals surface area contributed by atoms with Gasteiger partial charge in [0.15, 0.2) is 0 Å². The SMILES string of the molecule is N=C(N)CN=Cc1c(Cl)cccc1[N+](=O)[O-]. The molecule has 0 saturated heterocycles. The molecule has 1 aromatic rings. The molecule has 0 aliphatic rings. The molecule has 6 nitrogen and oxygen atoms in total. The molecule has 0 radical (unpaired) electrons. The Morgan fingerprint density at radius 2 is 2.38 bits per heavy atom. The minimum atomic E-state index is -0.541. The molecule has 3 N–H and O–H groups in total. The van der Waals surface area contributed by atoms with E-state index < -0.39 is 4.92 Å². The molecule has 16 heavy (non-hydrogen) atoms. The van der Waals surface area contributed by atoms with Crippen LogP contribution in [0.5, 0.6) is 0 Å². The van der Waals surface area contributed by atoms with E-state index in [2.05, 4.69) is 4.99 Å². The van der Waals surface area contributed by atoms with E-state index in [-0.39, 0.29) is 28.7 Å². The summed E-state index contributed by atoms with van der Waals surface area (Å²) in [6, 6.07) is 4.35. The minimum absolute atomic E-state index is 0.0115. The Labute approximate surface area is 96.4 Å². The summed E-state index contributed by atoms with van der Waals surface area (Å²) in [4.78, 5) is 13.9. The molecule has 0 bridgehead atoms. The van der Waals surface area contributed by atoms with Crippen LogP contribution in [0, 0.1) is 15.5 Å². The highest BCUT2D eigenvalue weighted by Gasteiger charge is 2.14. The minimum Gasteiger partial charge on any atom is -0.386 e. The summed E-state index contributed by atoms with van der Waals surface area (Å²) >= 11 is 5.81. The summed E-state index contributed by atoms with van der Waals surface area (Å²) in [5, 5.41) is 17.9. The number of nitrogens with two attached hydrogens (primary N) is 1. The van der Waals surface area contributed by atoms with Crippen molar-refractivity contribution in [3.63, 3.8) is 0 Å².